The van der Waals surface area contributed by atoms with Gasteiger partial charge in [0.25, 0.3) is 0 Å². The van der Waals surface area contributed by atoms with Crippen molar-refractivity contribution in [1.29, 1.82) is 0 Å². The zero-order chi connectivity index (χ0) is 13.7. The number of carboxylic acids is 1. The second-order valence-electron chi connectivity index (χ2n) is 4.59. The molecule has 1 aliphatic rings. The van der Waals surface area contributed by atoms with E-state index in [0.717, 1.165) is 36.8 Å². The number of hydrogen-bond acceptors (Lipinski definition) is 4. The van der Waals surface area contributed by atoms with Crippen LogP contribution in [-0.4, -0.2) is 28.5 Å². The van der Waals surface area contributed by atoms with Crippen LogP contribution in [-0.2, 0) is 9.59 Å². The first-order valence-electron chi connectivity index (χ1n) is 6.37. The molecule has 1 aromatic rings. The zero-order valence-electron chi connectivity index (χ0n) is 10.6. The van der Waals surface area contributed by atoms with Gasteiger partial charge in [0, 0.05) is 18.7 Å². The van der Waals surface area contributed by atoms with Gasteiger partial charge in [0.1, 0.15) is 0 Å². The number of rotatable bonds is 5. The predicted molar refractivity (Wildman–Crippen MR) is 76.6 cm³/mol. The van der Waals surface area contributed by atoms with Crippen molar-refractivity contribution in [2.45, 2.75) is 25.2 Å². The van der Waals surface area contributed by atoms with Gasteiger partial charge in [0.15, 0.2) is 5.12 Å². The molecule has 0 amide bonds. The van der Waals surface area contributed by atoms with E-state index in [1.807, 2.05) is 12.1 Å². The third kappa shape index (κ3) is 3.99. The van der Waals surface area contributed by atoms with Gasteiger partial charge in [-0.3, -0.25) is 9.59 Å². The molecule has 1 heterocycles. The Labute approximate surface area is 116 Å². The van der Waals surface area contributed by atoms with E-state index in [1.165, 1.54) is 5.56 Å². The van der Waals surface area contributed by atoms with Crippen LogP contribution >= 0.6 is 11.8 Å². The summed E-state index contributed by atoms with van der Waals surface area (Å²) in [5, 5.41) is 11.9. The van der Waals surface area contributed by atoms with Gasteiger partial charge >= 0.3 is 5.97 Å². The quantitative estimate of drug-likeness (QED) is 0.867. The molecule has 0 radical (unpaired) electrons. The summed E-state index contributed by atoms with van der Waals surface area (Å²) in [6.45, 7) is 0.929. The molecule has 0 aromatic heterocycles. The Morgan fingerprint density at radius 1 is 1.37 bits per heavy atom. The van der Waals surface area contributed by atoms with Crippen LogP contribution in [0, 0.1) is 0 Å². The summed E-state index contributed by atoms with van der Waals surface area (Å²) < 4.78 is 0. The van der Waals surface area contributed by atoms with Crippen molar-refractivity contribution in [2.24, 2.45) is 0 Å². The monoisotopic (exact) mass is 279 g/mol. The molecule has 0 fully saturated rings. The summed E-state index contributed by atoms with van der Waals surface area (Å²) in [5.41, 5.74) is 2.43. The maximum absolute atomic E-state index is 11.6. The predicted octanol–water partition coefficient (Wildman–Crippen LogP) is 2.71. The third-order valence-electron chi connectivity index (χ3n) is 3.26. The third-order valence-corrected chi connectivity index (χ3v) is 4.18. The lowest BCUT2D eigenvalue weighted by Gasteiger charge is -2.26. The summed E-state index contributed by atoms with van der Waals surface area (Å²) in [7, 11) is 0. The van der Waals surface area contributed by atoms with Crippen molar-refractivity contribution in [2.75, 3.05) is 17.6 Å². The van der Waals surface area contributed by atoms with Crippen LogP contribution in [0.25, 0.3) is 0 Å². The van der Waals surface area contributed by atoms with Gasteiger partial charge in [0.05, 0.1) is 5.75 Å². The van der Waals surface area contributed by atoms with Gasteiger partial charge in [-0.15, -0.1) is 0 Å². The Bertz CT molecular complexity index is 476. The van der Waals surface area contributed by atoms with Crippen LogP contribution in [0.5, 0.6) is 0 Å². The maximum atomic E-state index is 11.6. The number of carbonyl (C=O) groups is 2. The largest absolute Gasteiger partial charge is 0.481 e. The van der Waals surface area contributed by atoms with Crippen molar-refractivity contribution in [3.8, 4) is 0 Å². The molecule has 0 saturated heterocycles. The summed E-state index contributed by atoms with van der Waals surface area (Å²) in [6.07, 6.45) is 2.26. The fraction of sp³-hybridized carbons (Fsp3) is 0.429. The van der Waals surface area contributed by atoms with E-state index < -0.39 is 5.97 Å². The molecule has 1 unspecified atom stereocenters. The Kier molecular flexibility index (Phi) is 4.85. The van der Waals surface area contributed by atoms with Crippen LogP contribution < -0.4 is 5.32 Å². The summed E-state index contributed by atoms with van der Waals surface area (Å²) in [6, 6.07) is 8.17. The minimum Gasteiger partial charge on any atom is -0.481 e. The first kappa shape index (κ1) is 13.9. The minimum absolute atomic E-state index is 0.0292. The van der Waals surface area contributed by atoms with Crippen molar-refractivity contribution in [1.82, 2.24) is 0 Å². The van der Waals surface area contributed by atoms with Gasteiger partial charge in [-0.25, -0.2) is 0 Å². The number of carboxylic acid groups (broad SMARTS) is 1. The van der Waals surface area contributed by atoms with E-state index in [9.17, 15) is 9.59 Å². The molecule has 0 aliphatic carbocycles. The van der Waals surface area contributed by atoms with Gasteiger partial charge in [-0.05, 0) is 30.4 Å². The SMILES string of the molecule is O=C(O)CSC(=O)CCC1CCNc2ccccc21. The Morgan fingerprint density at radius 2 is 2.16 bits per heavy atom. The van der Waals surface area contributed by atoms with Crippen LogP contribution in [0.1, 0.15) is 30.7 Å². The van der Waals surface area contributed by atoms with Gasteiger partial charge in [-0.2, -0.15) is 0 Å². The summed E-state index contributed by atoms with van der Waals surface area (Å²) in [4.78, 5) is 22.0. The second-order valence-corrected chi connectivity index (χ2v) is 5.63. The highest BCUT2D eigenvalue weighted by Crippen LogP contribution is 2.34. The first-order chi connectivity index (χ1) is 9.16. The molecule has 1 aliphatic heterocycles. The highest BCUT2D eigenvalue weighted by atomic mass is 32.2. The van der Waals surface area contributed by atoms with Crippen molar-refractivity contribution < 1.29 is 14.7 Å². The fourth-order valence-corrected chi connectivity index (χ4v) is 2.90. The molecule has 102 valence electrons. The van der Waals surface area contributed by atoms with Crippen molar-refractivity contribution in [3.63, 3.8) is 0 Å². The van der Waals surface area contributed by atoms with E-state index in [0.29, 0.717) is 12.3 Å². The maximum Gasteiger partial charge on any atom is 0.313 e. The minimum atomic E-state index is -0.939. The lowest BCUT2D eigenvalue weighted by molar-refractivity contribution is -0.134. The lowest BCUT2D eigenvalue weighted by atomic mass is 9.87. The second kappa shape index (κ2) is 6.61. The smallest absolute Gasteiger partial charge is 0.313 e. The van der Waals surface area contributed by atoms with Crippen LogP contribution in [0.3, 0.4) is 0 Å². The number of fused-ring (bicyclic) bond motifs is 1. The highest BCUT2D eigenvalue weighted by molar-refractivity contribution is 8.14. The Morgan fingerprint density at radius 3 is 2.95 bits per heavy atom. The van der Waals surface area contributed by atoms with Crippen molar-refractivity contribution >= 4 is 28.5 Å². The average molecular weight is 279 g/mol. The van der Waals surface area contributed by atoms with E-state index >= 15 is 0 Å². The zero-order valence-corrected chi connectivity index (χ0v) is 11.4. The molecule has 5 heteroatoms. The summed E-state index contributed by atoms with van der Waals surface area (Å²) >= 11 is 0.900. The molecule has 19 heavy (non-hydrogen) atoms. The number of carbonyl (C=O) groups excluding carboxylic acids is 1. The first-order valence-corrected chi connectivity index (χ1v) is 7.35. The highest BCUT2D eigenvalue weighted by Gasteiger charge is 2.20. The number of nitrogens with one attached hydrogen (secondary N) is 1. The van der Waals surface area contributed by atoms with Gasteiger partial charge in [0.2, 0.25) is 0 Å². The molecule has 0 saturated carbocycles. The number of benzene rings is 1. The van der Waals surface area contributed by atoms with Crippen LogP contribution in [0.15, 0.2) is 24.3 Å². The lowest BCUT2D eigenvalue weighted by Crippen LogP contribution is -2.17. The molecular weight excluding hydrogens is 262 g/mol. The van der Waals surface area contributed by atoms with Crippen LogP contribution in [0.4, 0.5) is 5.69 Å². The molecule has 2 N–H and O–H groups in total. The number of thioether (sulfide) groups is 1. The van der Waals surface area contributed by atoms with E-state index in [2.05, 4.69) is 17.4 Å². The fourth-order valence-electron chi connectivity index (χ4n) is 2.36. The van der Waals surface area contributed by atoms with E-state index in [-0.39, 0.29) is 10.9 Å². The number of aliphatic carboxylic acids is 1. The normalized spacial score (nSPS) is 17.4. The number of anilines is 1. The van der Waals surface area contributed by atoms with Gasteiger partial charge < -0.3 is 10.4 Å². The molecule has 1 atom stereocenters. The van der Waals surface area contributed by atoms with Crippen molar-refractivity contribution in [3.05, 3.63) is 29.8 Å². The molecule has 1 aromatic carbocycles. The molecule has 0 bridgehead atoms. The standard InChI is InChI=1S/C14H17NO3S/c16-13(17)9-19-14(18)6-5-10-7-8-15-12-4-2-1-3-11(10)12/h1-4,10,15H,5-9H2,(H,16,17). The van der Waals surface area contributed by atoms with Gasteiger partial charge in [-0.1, -0.05) is 30.0 Å². The molecule has 0 spiro atoms. The molecule has 4 nitrogen and oxygen atoms in total. The average Bonchev–Trinajstić information content (AvgIpc) is 2.42. The molecular formula is C14H17NO3S. The molecule has 2 rings (SSSR count). The Balaban J connectivity index is 1.87. The Hall–Kier alpha value is -1.49. The topological polar surface area (TPSA) is 66.4 Å². The van der Waals surface area contributed by atoms with E-state index in [4.69, 9.17) is 5.11 Å². The van der Waals surface area contributed by atoms with Crippen LogP contribution in [0.2, 0.25) is 0 Å². The summed E-state index contributed by atoms with van der Waals surface area (Å²) in [5.74, 6) is -0.681. The van der Waals surface area contributed by atoms with E-state index in [1.54, 1.807) is 0 Å². The number of hydrogen-bond donors (Lipinski definition) is 2. The number of para-hydroxylation sites is 1.